The molecule has 1 amide bonds. The maximum atomic E-state index is 12.3. The molecule has 142 valence electrons. The highest BCUT2D eigenvalue weighted by Gasteiger charge is 2.22. The molecular formula is C21H25N3O3. The van der Waals surface area contributed by atoms with Crippen LogP contribution >= 0.6 is 0 Å². The molecule has 0 saturated carbocycles. The number of aryl methyl sites for hydroxylation is 2. The van der Waals surface area contributed by atoms with Crippen molar-refractivity contribution < 1.29 is 14.3 Å². The van der Waals surface area contributed by atoms with Gasteiger partial charge in [-0.2, -0.15) is 0 Å². The fourth-order valence-electron chi connectivity index (χ4n) is 3.11. The van der Waals surface area contributed by atoms with Crippen LogP contribution < -0.4 is 0 Å². The van der Waals surface area contributed by atoms with Crippen molar-refractivity contribution in [2.75, 3.05) is 32.8 Å². The van der Waals surface area contributed by atoms with Crippen molar-refractivity contribution in [3.63, 3.8) is 0 Å². The summed E-state index contributed by atoms with van der Waals surface area (Å²) in [5.41, 5.74) is 3.73. The average molecular weight is 367 g/mol. The first-order chi connectivity index (χ1) is 13.0. The number of benzene rings is 1. The van der Waals surface area contributed by atoms with Crippen molar-refractivity contribution in [3.05, 3.63) is 65.0 Å². The molecule has 6 heteroatoms. The predicted octanol–water partition coefficient (Wildman–Crippen LogP) is 2.20. The van der Waals surface area contributed by atoms with E-state index in [9.17, 15) is 9.59 Å². The Balaban J connectivity index is 1.43. The summed E-state index contributed by atoms with van der Waals surface area (Å²) in [6.07, 6.45) is 1.46. The molecule has 1 fully saturated rings. The fourth-order valence-corrected chi connectivity index (χ4v) is 3.11. The standard InChI is InChI=1S/C21H25N3O3/c1-16-4-3-5-18(12-16)14-23-8-10-24(11-9-23)20(25)15-27-21(26)19-7-6-17(2)22-13-19/h3-7,12-13H,8-11,14-15H2,1-2H3. The molecule has 0 bridgehead atoms. The number of pyridine rings is 1. The highest BCUT2D eigenvalue weighted by atomic mass is 16.5. The minimum atomic E-state index is -0.520. The molecule has 0 radical (unpaired) electrons. The summed E-state index contributed by atoms with van der Waals surface area (Å²) < 4.78 is 5.13. The molecule has 0 N–H and O–H groups in total. The number of carbonyl (C=O) groups excluding carboxylic acids is 2. The summed E-state index contributed by atoms with van der Waals surface area (Å²) in [6, 6.07) is 11.9. The smallest absolute Gasteiger partial charge is 0.340 e. The zero-order valence-corrected chi connectivity index (χ0v) is 15.9. The minimum absolute atomic E-state index is 0.154. The van der Waals surface area contributed by atoms with Gasteiger partial charge in [-0.1, -0.05) is 29.8 Å². The van der Waals surface area contributed by atoms with E-state index in [-0.39, 0.29) is 12.5 Å². The zero-order chi connectivity index (χ0) is 19.2. The summed E-state index contributed by atoms with van der Waals surface area (Å²) in [5.74, 6) is -0.674. The van der Waals surface area contributed by atoms with E-state index in [1.54, 1.807) is 17.0 Å². The Bertz CT molecular complexity index is 797. The molecule has 3 rings (SSSR count). The van der Waals surface area contributed by atoms with Crippen molar-refractivity contribution in [2.24, 2.45) is 0 Å². The quantitative estimate of drug-likeness (QED) is 0.758. The van der Waals surface area contributed by atoms with Crippen LogP contribution in [0.3, 0.4) is 0 Å². The number of nitrogens with zero attached hydrogens (tertiary/aromatic N) is 3. The van der Waals surface area contributed by atoms with E-state index >= 15 is 0 Å². The molecule has 0 atom stereocenters. The van der Waals surface area contributed by atoms with Gasteiger partial charge in [0.05, 0.1) is 5.56 Å². The maximum absolute atomic E-state index is 12.3. The molecule has 1 saturated heterocycles. The lowest BCUT2D eigenvalue weighted by molar-refractivity contribution is -0.136. The van der Waals surface area contributed by atoms with Crippen molar-refractivity contribution in [1.29, 1.82) is 0 Å². The van der Waals surface area contributed by atoms with Gasteiger partial charge in [-0.25, -0.2) is 4.79 Å². The number of amides is 1. The topological polar surface area (TPSA) is 62.7 Å². The van der Waals surface area contributed by atoms with Gasteiger partial charge in [-0.15, -0.1) is 0 Å². The van der Waals surface area contributed by atoms with Gasteiger partial charge in [0.2, 0.25) is 0 Å². The van der Waals surface area contributed by atoms with E-state index in [1.165, 1.54) is 17.3 Å². The molecule has 0 unspecified atom stereocenters. The molecule has 0 spiro atoms. The second-order valence-electron chi connectivity index (χ2n) is 6.91. The summed E-state index contributed by atoms with van der Waals surface area (Å²) in [7, 11) is 0. The molecule has 1 aliphatic heterocycles. The molecule has 6 nitrogen and oxygen atoms in total. The van der Waals surface area contributed by atoms with Crippen LogP contribution in [0.4, 0.5) is 0 Å². The number of ether oxygens (including phenoxy) is 1. The van der Waals surface area contributed by atoms with Crippen molar-refractivity contribution in [1.82, 2.24) is 14.8 Å². The van der Waals surface area contributed by atoms with Gasteiger partial charge in [0.1, 0.15) is 0 Å². The van der Waals surface area contributed by atoms with Gasteiger partial charge >= 0.3 is 5.97 Å². The summed E-state index contributed by atoms with van der Waals surface area (Å²) >= 11 is 0. The number of hydrogen-bond donors (Lipinski definition) is 0. The lowest BCUT2D eigenvalue weighted by Crippen LogP contribution is -2.49. The summed E-state index contributed by atoms with van der Waals surface area (Å²) in [5, 5.41) is 0. The first-order valence-electron chi connectivity index (χ1n) is 9.17. The Labute approximate surface area is 159 Å². The third kappa shape index (κ3) is 5.37. The van der Waals surface area contributed by atoms with Gasteiger partial charge in [-0.3, -0.25) is 14.7 Å². The number of piperazine rings is 1. The van der Waals surface area contributed by atoms with Crippen molar-refractivity contribution in [3.8, 4) is 0 Å². The van der Waals surface area contributed by atoms with Crippen molar-refractivity contribution in [2.45, 2.75) is 20.4 Å². The van der Waals surface area contributed by atoms with Crippen LogP contribution in [0.2, 0.25) is 0 Å². The molecule has 1 aliphatic rings. The first-order valence-corrected chi connectivity index (χ1v) is 9.17. The van der Waals surface area contributed by atoms with Gasteiger partial charge in [0.15, 0.2) is 6.61 Å². The fraction of sp³-hybridized carbons (Fsp3) is 0.381. The molecule has 0 aliphatic carbocycles. The largest absolute Gasteiger partial charge is 0.452 e. The molecule has 2 heterocycles. The summed E-state index contributed by atoms with van der Waals surface area (Å²) in [6.45, 7) is 7.52. The Morgan fingerprint density at radius 1 is 1.07 bits per heavy atom. The third-order valence-electron chi connectivity index (χ3n) is 4.69. The summed E-state index contributed by atoms with van der Waals surface area (Å²) in [4.78, 5) is 32.5. The number of aromatic nitrogens is 1. The van der Waals surface area contributed by atoms with Gasteiger partial charge in [-0.05, 0) is 31.5 Å². The lowest BCUT2D eigenvalue weighted by atomic mass is 10.1. The number of carbonyl (C=O) groups is 2. The van der Waals surface area contributed by atoms with Crippen LogP contribution in [0.25, 0.3) is 0 Å². The lowest BCUT2D eigenvalue weighted by Gasteiger charge is -2.34. The van der Waals surface area contributed by atoms with Crippen LogP contribution in [0.15, 0.2) is 42.6 Å². The maximum Gasteiger partial charge on any atom is 0.340 e. The van der Waals surface area contributed by atoms with Crippen LogP contribution in [0, 0.1) is 13.8 Å². The molecule has 2 aromatic rings. The predicted molar refractivity (Wildman–Crippen MR) is 102 cm³/mol. The van der Waals surface area contributed by atoms with E-state index in [4.69, 9.17) is 4.74 Å². The Kier molecular flexibility index (Phi) is 6.19. The SMILES string of the molecule is Cc1cccc(CN2CCN(C(=O)COC(=O)c3ccc(C)nc3)CC2)c1. The molecule has 27 heavy (non-hydrogen) atoms. The van der Waals surface area contributed by atoms with E-state index in [2.05, 4.69) is 41.1 Å². The first kappa shape index (κ1) is 19.0. The molecular weight excluding hydrogens is 342 g/mol. The zero-order valence-electron chi connectivity index (χ0n) is 15.9. The number of rotatable bonds is 5. The second-order valence-corrected chi connectivity index (χ2v) is 6.91. The Hall–Kier alpha value is -2.73. The molecule has 1 aromatic carbocycles. The van der Waals surface area contributed by atoms with E-state index in [0.717, 1.165) is 25.3 Å². The Morgan fingerprint density at radius 2 is 1.85 bits per heavy atom. The molecule has 1 aromatic heterocycles. The van der Waals surface area contributed by atoms with Crippen LogP contribution in [0.1, 0.15) is 27.2 Å². The van der Waals surface area contributed by atoms with Crippen molar-refractivity contribution >= 4 is 11.9 Å². The monoisotopic (exact) mass is 367 g/mol. The normalized spacial score (nSPS) is 14.8. The van der Waals surface area contributed by atoms with Crippen LogP contribution in [-0.4, -0.2) is 59.4 Å². The van der Waals surface area contributed by atoms with Gasteiger partial charge < -0.3 is 9.64 Å². The minimum Gasteiger partial charge on any atom is -0.452 e. The second kappa shape index (κ2) is 8.77. The Morgan fingerprint density at radius 3 is 2.52 bits per heavy atom. The number of hydrogen-bond acceptors (Lipinski definition) is 5. The third-order valence-corrected chi connectivity index (χ3v) is 4.69. The van der Waals surface area contributed by atoms with Gasteiger partial charge in [0, 0.05) is 44.6 Å². The van der Waals surface area contributed by atoms with E-state index in [1.807, 2.05) is 6.92 Å². The van der Waals surface area contributed by atoms with Crippen LogP contribution in [-0.2, 0) is 16.1 Å². The van der Waals surface area contributed by atoms with E-state index < -0.39 is 5.97 Å². The van der Waals surface area contributed by atoms with Gasteiger partial charge in [0.25, 0.3) is 5.91 Å². The highest BCUT2D eigenvalue weighted by molar-refractivity contribution is 5.91. The average Bonchev–Trinajstić information content (AvgIpc) is 2.67. The van der Waals surface area contributed by atoms with E-state index in [0.29, 0.717) is 18.7 Å². The number of esters is 1. The highest BCUT2D eigenvalue weighted by Crippen LogP contribution is 2.11. The van der Waals surface area contributed by atoms with Crippen LogP contribution in [0.5, 0.6) is 0 Å².